The minimum absolute atomic E-state index is 0.175. The molecule has 33 heavy (non-hydrogen) atoms. The molecule has 9 nitrogen and oxygen atoms in total. The molecule has 3 amide bonds. The van der Waals surface area contributed by atoms with Crippen LogP contribution in [0.2, 0.25) is 0 Å². The number of imide groups is 1. The number of nitrogens with zero attached hydrogens (tertiary/aromatic N) is 3. The molecule has 0 aliphatic carbocycles. The van der Waals surface area contributed by atoms with Gasteiger partial charge in [0.1, 0.15) is 11.0 Å². The summed E-state index contributed by atoms with van der Waals surface area (Å²) in [6, 6.07) is 17.6. The summed E-state index contributed by atoms with van der Waals surface area (Å²) in [6.07, 6.45) is 0. The molecular weight excluding hydrogens is 444 g/mol. The maximum atomic E-state index is 12.6. The van der Waals surface area contributed by atoms with Crippen LogP contribution in [0, 0.1) is 0 Å². The van der Waals surface area contributed by atoms with E-state index in [0.29, 0.717) is 33.5 Å². The molecule has 0 saturated heterocycles. The van der Waals surface area contributed by atoms with Gasteiger partial charge in [-0.15, -0.1) is 0 Å². The van der Waals surface area contributed by atoms with E-state index < -0.39 is 30.3 Å². The molecule has 4 aromatic rings. The number of rotatable bonds is 5. The Labute approximate surface area is 190 Å². The van der Waals surface area contributed by atoms with Gasteiger partial charge < -0.3 is 10.1 Å². The van der Waals surface area contributed by atoms with E-state index in [4.69, 9.17) is 4.74 Å². The van der Waals surface area contributed by atoms with Crippen molar-refractivity contribution in [1.29, 1.82) is 0 Å². The highest BCUT2D eigenvalue weighted by Crippen LogP contribution is 2.28. The molecule has 0 saturated carbocycles. The number of carbonyl (C=O) groups is 4. The lowest BCUT2D eigenvalue weighted by molar-refractivity contribution is -0.119. The molecule has 0 fully saturated rings. The molecule has 1 aromatic heterocycles. The smallest absolute Gasteiger partial charge is 0.338 e. The van der Waals surface area contributed by atoms with Gasteiger partial charge in [0.2, 0.25) is 0 Å². The maximum Gasteiger partial charge on any atom is 0.338 e. The van der Waals surface area contributed by atoms with E-state index in [0.717, 1.165) is 16.6 Å². The van der Waals surface area contributed by atoms with Gasteiger partial charge >= 0.3 is 5.97 Å². The van der Waals surface area contributed by atoms with Crippen LogP contribution in [0.1, 0.15) is 31.1 Å². The van der Waals surface area contributed by atoms with E-state index in [2.05, 4.69) is 14.1 Å². The van der Waals surface area contributed by atoms with Crippen molar-refractivity contribution in [3.8, 4) is 0 Å². The Hall–Kier alpha value is -4.44. The van der Waals surface area contributed by atoms with Crippen LogP contribution in [-0.2, 0) is 9.53 Å². The van der Waals surface area contributed by atoms with Crippen LogP contribution in [0.3, 0.4) is 0 Å². The molecule has 1 aliphatic heterocycles. The Bertz CT molecular complexity index is 1400. The van der Waals surface area contributed by atoms with Gasteiger partial charge in [-0.1, -0.05) is 18.2 Å². The second-order valence-corrected chi connectivity index (χ2v) is 7.63. The first kappa shape index (κ1) is 20.5. The van der Waals surface area contributed by atoms with Crippen molar-refractivity contribution in [3.05, 3.63) is 83.4 Å². The Kier molecular flexibility index (Phi) is 5.11. The Morgan fingerprint density at radius 3 is 2.27 bits per heavy atom. The topological polar surface area (TPSA) is 119 Å². The van der Waals surface area contributed by atoms with Crippen LogP contribution < -0.4 is 10.2 Å². The zero-order chi connectivity index (χ0) is 22.9. The van der Waals surface area contributed by atoms with Crippen molar-refractivity contribution in [2.24, 2.45) is 0 Å². The first-order chi connectivity index (χ1) is 16.0. The number of esters is 1. The van der Waals surface area contributed by atoms with Gasteiger partial charge in [0.25, 0.3) is 17.7 Å². The highest BCUT2D eigenvalue weighted by atomic mass is 32.1. The molecule has 162 valence electrons. The van der Waals surface area contributed by atoms with Crippen LogP contribution in [0.15, 0.2) is 66.7 Å². The fraction of sp³-hybridized carbons (Fsp3) is 0.0435. The third-order valence-electron chi connectivity index (χ3n) is 5.05. The molecule has 2 heterocycles. The number of benzene rings is 3. The fourth-order valence-electron chi connectivity index (χ4n) is 3.48. The lowest BCUT2D eigenvalue weighted by atomic mass is 10.1. The molecule has 3 aromatic carbocycles. The molecular formula is C23H14N4O5S. The van der Waals surface area contributed by atoms with Crippen molar-refractivity contribution in [2.75, 3.05) is 16.8 Å². The lowest BCUT2D eigenvalue weighted by Crippen LogP contribution is -2.29. The van der Waals surface area contributed by atoms with Crippen LogP contribution >= 0.6 is 11.7 Å². The van der Waals surface area contributed by atoms with E-state index in [9.17, 15) is 19.2 Å². The number of amides is 3. The van der Waals surface area contributed by atoms with E-state index in [1.165, 1.54) is 24.3 Å². The zero-order valence-corrected chi connectivity index (χ0v) is 17.7. The van der Waals surface area contributed by atoms with Crippen LogP contribution in [-0.4, -0.2) is 39.0 Å². The van der Waals surface area contributed by atoms with Gasteiger partial charge in [-0.05, 0) is 48.5 Å². The van der Waals surface area contributed by atoms with Crippen LogP contribution in [0.4, 0.5) is 11.4 Å². The average Bonchev–Trinajstić information content (AvgIpc) is 3.42. The standard InChI is InChI=1S/C23H14N4O5S/c28-19(24-17-6-3-7-18-20(17)26-33-25-18)12-32-23(31)13-8-10-14(11-9-13)27-21(29)15-4-1-2-5-16(15)22(27)30/h1-11H,12H2,(H,24,28). The first-order valence-corrected chi connectivity index (χ1v) is 10.5. The number of nitrogens with one attached hydrogen (secondary N) is 1. The monoisotopic (exact) mass is 458 g/mol. The number of anilines is 2. The van der Waals surface area contributed by atoms with E-state index in [1.807, 2.05) is 0 Å². The molecule has 0 radical (unpaired) electrons. The Balaban J connectivity index is 1.22. The minimum Gasteiger partial charge on any atom is -0.452 e. The van der Waals surface area contributed by atoms with Crippen molar-refractivity contribution in [1.82, 2.24) is 8.75 Å². The second-order valence-electron chi connectivity index (χ2n) is 7.10. The zero-order valence-electron chi connectivity index (χ0n) is 16.8. The number of carbonyl (C=O) groups excluding carboxylic acids is 4. The Morgan fingerprint density at radius 2 is 1.58 bits per heavy atom. The molecule has 10 heteroatoms. The summed E-state index contributed by atoms with van der Waals surface area (Å²) in [7, 11) is 0. The normalized spacial score (nSPS) is 12.7. The number of hydrogen-bond donors (Lipinski definition) is 1. The fourth-order valence-corrected chi connectivity index (χ4v) is 4.03. The predicted octanol–water partition coefficient (Wildman–Crippen LogP) is 3.29. The number of ether oxygens (including phenoxy) is 1. The SMILES string of the molecule is O=C(COC(=O)c1ccc(N2C(=O)c3ccccc3C2=O)cc1)Nc1cccc2nsnc12. The molecule has 1 aliphatic rings. The molecule has 5 rings (SSSR count). The van der Waals surface area contributed by atoms with Crippen molar-refractivity contribution in [3.63, 3.8) is 0 Å². The second kappa shape index (κ2) is 8.24. The summed E-state index contributed by atoms with van der Waals surface area (Å²) >= 11 is 1.03. The van der Waals surface area contributed by atoms with E-state index >= 15 is 0 Å². The highest BCUT2D eigenvalue weighted by Gasteiger charge is 2.36. The molecule has 0 unspecified atom stereocenters. The van der Waals surface area contributed by atoms with Crippen LogP contribution in [0.25, 0.3) is 11.0 Å². The molecule has 0 atom stereocenters. The largest absolute Gasteiger partial charge is 0.452 e. The minimum atomic E-state index is -0.715. The number of hydrogen-bond acceptors (Lipinski definition) is 8. The third kappa shape index (κ3) is 3.72. The van der Waals surface area contributed by atoms with Crippen molar-refractivity contribution >= 4 is 57.8 Å². The Morgan fingerprint density at radius 1 is 0.879 bits per heavy atom. The van der Waals surface area contributed by atoms with Crippen molar-refractivity contribution in [2.45, 2.75) is 0 Å². The van der Waals surface area contributed by atoms with Gasteiger partial charge in [-0.25, -0.2) is 9.69 Å². The van der Waals surface area contributed by atoms with Gasteiger partial charge in [0, 0.05) is 0 Å². The molecule has 1 N–H and O–H groups in total. The highest BCUT2D eigenvalue weighted by molar-refractivity contribution is 7.00. The summed E-state index contributed by atoms with van der Waals surface area (Å²) in [4.78, 5) is 50.8. The summed E-state index contributed by atoms with van der Waals surface area (Å²) in [5, 5.41) is 2.65. The van der Waals surface area contributed by atoms with Gasteiger partial charge in [-0.3, -0.25) is 14.4 Å². The maximum absolute atomic E-state index is 12.6. The third-order valence-corrected chi connectivity index (χ3v) is 5.59. The van der Waals surface area contributed by atoms with E-state index in [1.54, 1.807) is 42.5 Å². The summed E-state index contributed by atoms with van der Waals surface area (Å²) in [5.74, 6) is -2.08. The van der Waals surface area contributed by atoms with Crippen molar-refractivity contribution < 1.29 is 23.9 Å². The van der Waals surface area contributed by atoms with Gasteiger partial charge in [0.15, 0.2) is 6.61 Å². The first-order valence-electron chi connectivity index (χ1n) is 9.79. The average molecular weight is 458 g/mol. The van der Waals surface area contributed by atoms with Gasteiger partial charge in [-0.2, -0.15) is 8.75 Å². The van der Waals surface area contributed by atoms with Crippen LogP contribution in [0.5, 0.6) is 0 Å². The quantitative estimate of drug-likeness (QED) is 0.360. The van der Waals surface area contributed by atoms with Gasteiger partial charge in [0.05, 0.1) is 39.8 Å². The predicted molar refractivity (Wildman–Crippen MR) is 120 cm³/mol. The number of aromatic nitrogens is 2. The number of fused-ring (bicyclic) bond motifs is 2. The summed E-state index contributed by atoms with van der Waals surface area (Å²) in [6.45, 7) is -0.493. The summed E-state index contributed by atoms with van der Waals surface area (Å²) < 4.78 is 13.3. The lowest BCUT2D eigenvalue weighted by Gasteiger charge is -2.14. The van der Waals surface area contributed by atoms with E-state index in [-0.39, 0.29) is 5.56 Å². The summed E-state index contributed by atoms with van der Waals surface area (Å²) in [5.41, 5.74) is 2.88. The molecule has 0 spiro atoms. The molecule has 0 bridgehead atoms.